The minimum Gasteiger partial charge on any atom is -0.333 e. The van der Waals surface area contributed by atoms with Crippen LogP contribution < -0.4 is 10.6 Å². The van der Waals surface area contributed by atoms with Crippen LogP contribution in [0.4, 0.5) is 5.69 Å². The van der Waals surface area contributed by atoms with Gasteiger partial charge in [-0.25, -0.2) is 0 Å². The lowest BCUT2D eigenvalue weighted by atomic mass is 10.1. The molecule has 0 aliphatic heterocycles. The van der Waals surface area contributed by atoms with Gasteiger partial charge in [0.1, 0.15) is 6.04 Å². The summed E-state index contributed by atoms with van der Waals surface area (Å²) in [6.45, 7) is 3.86. The number of ketones is 1. The Balaban J connectivity index is 1.93. The summed E-state index contributed by atoms with van der Waals surface area (Å²) < 4.78 is 0. The first-order chi connectivity index (χ1) is 10.6. The number of hydrogen-bond acceptors (Lipinski definition) is 2. The van der Waals surface area contributed by atoms with E-state index in [9.17, 15) is 9.59 Å². The van der Waals surface area contributed by atoms with Crippen LogP contribution in [0.25, 0.3) is 0 Å². The molecule has 0 saturated heterocycles. The Bertz CT molecular complexity index is 653. The molecule has 0 aliphatic carbocycles. The number of anilines is 1. The van der Waals surface area contributed by atoms with E-state index in [2.05, 4.69) is 12.2 Å². The molecule has 3 N–H and O–H groups in total. The first-order valence-electron chi connectivity index (χ1n) is 7.36. The molecule has 1 amide bonds. The third kappa shape index (κ3) is 4.27. The molecule has 1 atom stereocenters. The van der Waals surface area contributed by atoms with Crippen LogP contribution in [0.3, 0.4) is 0 Å². The first-order valence-corrected chi connectivity index (χ1v) is 7.36. The Labute approximate surface area is 130 Å². The van der Waals surface area contributed by atoms with Gasteiger partial charge in [0.05, 0.1) is 5.69 Å². The molecule has 0 bridgehead atoms. The Morgan fingerprint density at radius 1 is 1.05 bits per heavy atom. The molecule has 2 aromatic carbocycles. The van der Waals surface area contributed by atoms with E-state index in [4.69, 9.17) is 0 Å². The topological polar surface area (TPSA) is 62.8 Å². The highest BCUT2D eigenvalue weighted by atomic mass is 16.2. The van der Waals surface area contributed by atoms with E-state index in [0.717, 1.165) is 0 Å². The zero-order chi connectivity index (χ0) is 15.9. The van der Waals surface area contributed by atoms with Crippen molar-refractivity contribution >= 4 is 17.4 Å². The van der Waals surface area contributed by atoms with E-state index in [0.29, 0.717) is 17.8 Å². The first kappa shape index (κ1) is 15.9. The molecular weight excluding hydrogens is 276 g/mol. The number of para-hydroxylation sites is 1. The van der Waals surface area contributed by atoms with Crippen molar-refractivity contribution in [3.05, 3.63) is 65.7 Å². The predicted octanol–water partition coefficient (Wildman–Crippen LogP) is 2.15. The lowest BCUT2D eigenvalue weighted by Gasteiger charge is -2.12. The zero-order valence-electron chi connectivity index (χ0n) is 12.9. The number of quaternary nitrogens is 1. The Morgan fingerprint density at radius 2 is 1.68 bits per heavy atom. The third-order valence-corrected chi connectivity index (χ3v) is 3.56. The van der Waals surface area contributed by atoms with Gasteiger partial charge < -0.3 is 10.6 Å². The van der Waals surface area contributed by atoms with E-state index >= 15 is 0 Å². The van der Waals surface area contributed by atoms with Gasteiger partial charge in [0.2, 0.25) is 0 Å². The Morgan fingerprint density at radius 3 is 2.36 bits per heavy atom. The Kier molecular flexibility index (Phi) is 5.44. The van der Waals surface area contributed by atoms with Crippen LogP contribution in [-0.2, 0) is 4.79 Å². The van der Waals surface area contributed by atoms with Crippen molar-refractivity contribution in [2.75, 3.05) is 11.9 Å². The second kappa shape index (κ2) is 7.52. The van der Waals surface area contributed by atoms with Gasteiger partial charge in [-0.05, 0) is 26.0 Å². The van der Waals surface area contributed by atoms with Crippen molar-refractivity contribution < 1.29 is 14.9 Å². The van der Waals surface area contributed by atoms with E-state index in [-0.39, 0.29) is 17.7 Å². The molecule has 0 spiro atoms. The van der Waals surface area contributed by atoms with Crippen LogP contribution in [0.15, 0.2) is 54.6 Å². The lowest BCUT2D eigenvalue weighted by molar-refractivity contribution is -0.682. The van der Waals surface area contributed by atoms with E-state index < -0.39 is 0 Å². The number of nitrogens with two attached hydrogens (primary N) is 1. The monoisotopic (exact) mass is 297 g/mol. The number of rotatable bonds is 6. The van der Waals surface area contributed by atoms with Gasteiger partial charge in [0.25, 0.3) is 5.91 Å². The SMILES string of the molecule is CC(=O)c1ccccc1NC(=O)C[NH2+][C@@H](C)c1ccccc1. The summed E-state index contributed by atoms with van der Waals surface area (Å²) in [5, 5.41) is 4.78. The van der Waals surface area contributed by atoms with Gasteiger partial charge in [-0.15, -0.1) is 0 Å². The van der Waals surface area contributed by atoms with Gasteiger partial charge in [-0.2, -0.15) is 0 Å². The van der Waals surface area contributed by atoms with Crippen molar-refractivity contribution in [1.82, 2.24) is 0 Å². The molecule has 114 valence electrons. The van der Waals surface area contributed by atoms with Crippen LogP contribution in [0, 0.1) is 0 Å². The molecule has 2 aromatic rings. The number of nitrogens with one attached hydrogen (secondary N) is 1. The fraction of sp³-hybridized carbons (Fsp3) is 0.222. The second-order valence-corrected chi connectivity index (χ2v) is 5.29. The van der Waals surface area contributed by atoms with E-state index in [1.54, 1.807) is 24.3 Å². The molecule has 4 nitrogen and oxygen atoms in total. The number of hydrogen-bond donors (Lipinski definition) is 2. The average molecular weight is 297 g/mol. The minimum atomic E-state index is -0.114. The number of carbonyl (C=O) groups is 2. The quantitative estimate of drug-likeness (QED) is 0.803. The summed E-state index contributed by atoms with van der Waals surface area (Å²) in [5.41, 5.74) is 2.28. The minimum absolute atomic E-state index is 0.0578. The standard InChI is InChI=1S/C18H20N2O2/c1-13(15-8-4-3-5-9-15)19-12-18(22)20-17-11-7-6-10-16(17)14(2)21/h3-11,13,19H,12H2,1-2H3,(H,20,22)/p+1/t13-/m0/s1. The van der Waals surface area contributed by atoms with Gasteiger partial charge in [0.15, 0.2) is 12.3 Å². The smallest absolute Gasteiger partial charge is 0.279 e. The molecule has 0 aliphatic rings. The lowest BCUT2D eigenvalue weighted by Crippen LogP contribution is -2.86. The molecule has 4 heteroatoms. The summed E-state index contributed by atoms with van der Waals surface area (Å²) >= 11 is 0. The van der Waals surface area contributed by atoms with Gasteiger partial charge >= 0.3 is 0 Å². The summed E-state index contributed by atoms with van der Waals surface area (Å²) in [6.07, 6.45) is 0. The second-order valence-electron chi connectivity index (χ2n) is 5.29. The maximum absolute atomic E-state index is 12.1. The van der Waals surface area contributed by atoms with Gasteiger partial charge in [-0.1, -0.05) is 42.5 Å². The normalized spacial score (nSPS) is 11.7. The van der Waals surface area contributed by atoms with Crippen LogP contribution in [0.1, 0.15) is 35.8 Å². The van der Waals surface area contributed by atoms with Crippen molar-refractivity contribution in [3.8, 4) is 0 Å². The molecule has 0 aromatic heterocycles. The highest BCUT2D eigenvalue weighted by Crippen LogP contribution is 2.15. The Hall–Kier alpha value is -2.46. The molecule has 0 unspecified atom stereocenters. The highest BCUT2D eigenvalue weighted by Gasteiger charge is 2.13. The predicted molar refractivity (Wildman–Crippen MR) is 86.7 cm³/mol. The van der Waals surface area contributed by atoms with Crippen molar-refractivity contribution in [3.63, 3.8) is 0 Å². The summed E-state index contributed by atoms with van der Waals surface area (Å²) in [4.78, 5) is 23.6. The summed E-state index contributed by atoms with van der Waals surface area (Å²) in [7, 11) is 0. The van der Waals surface area contributed by atoms with Crippen molar-refractivity contribution in [2.45, 2.75) is 19.9 Å². The summed E-state index contributed by atoms with van der Waals surface area (Å²) in [5.74, 6) is -0.172. The fourth-order valence-corrected chi connectivity index (χ4v) is 2.28. The molecule has 0 fully saturated rings. The van der Waals surface area contributed by atoms with Crippen molar-refractivity contribution in [2.24, 2.45) is 0 Å². The maximum atomic E-state index is 12.1. The maximum Gasteiger partial charge on any atom is 0.279 e. The van der Waals surface area contributed by atoms with Crippen LogP contribution >= 0.6 is 0 Å². The van der Waals surface area contributed by atoms with Crippen LogP contribution in [0.2, 0.25) is 0 Å². The molecule has 2 rings (SSSR count). The van der Waals surface area contributed by atoms with E-state index in [1.165, 1.54) is 12.5 Å². The number of carbonyl (C=O) groups excluding carboxylic acids is 2. The molecule has 22 heavy (non-hydrogen) atoms. The highest BCUT2D eigenvalue weighted by molar-refractivity contribution is 6.03. The molecule has 0 radical (unpaired) electrons. The van der Waals surface area contributed by atoms with Gasteiger partial charge in [0, 0.05) is 11.1 Å². The fourth-order valence-electron chi connectivity index (χ4n) is 2.28. The van der Waals surface area contributed by atoms with E-state index in [1.807, 2.05) is 35.6 Å². The molecule has 0 saturated carbocycles. The summed E-state index contributed by atoms with van der Waals surface area (Å²) in [6, 6.07) is 17.3. The third-order valence-electron chi connectivity index (χ3n) is 3.56. The largest absolute Gasteiger partial charge is 0.333 e. The van der Waals surface area contributed by atoms with Crippen LogP contribution in [0.5, 0.6) is 0 Å². The number of Topliss-reactive ketones (excluding diaryl/α,β-unsaturated/α-hetero) is 1. The average Bonchev–Trinajstić information content (AvgIpc) is 2.53. The zero-order valence-corrected chi connectivity index (χ0v) is 12.9. The van der Waals surface area contributed by atoms with Crippen molar-refractivity contribution in [1.29, 1.82) is 0 Å². The number of amides is 1. The molecule has 0 heterocycles. The number of benzene rings is 2. The van der Waals surface area contributed by atoms with Gasteiger partial charge in [-0.3, -0.25) is 9.59 Å². The molecular formula is C18H21N2O2+. The van der Waals surface area contributed by atoms with Crippen LogP contribution in [-0.4, -0.2) is 18.2 Å².